The average molecular weight is 338 g/mol. The zero-order valence-corrected chi connectivity index (χ0v) is 15.8. The predicted octanol–water partition coefficient (Wildman–Crippen LogP) is 4.23. The van der Waals surface area contributed by atoms with Crippen LogP contribution in [0.1, 0.15) is 52.6 Å². The highest BCUT2D eigenvalue weighted by atomic mass is 16.2. The highest BCUT2D eigenvalue weighted by molar-refractivity contribution is 5.99. The Labute approximate surface area is 150 Å². The lowest BCUT2D eigenvalue weighted by atomic mass is 10.0. The van der Waals surface area contributed by atoms with E-state index in [1.807, 2.05) is 71.0 Å². The first-order valence-corrected chi connectivity index (χ1v) is 8.37. The van der Waals surface area contributed by atoms with Gasteiger partial charge in [-0.25, -0.2) is 10.0 Å². The van der Waals surface area contributed by atoms with E-state index in [-0.39, 0.29) is 11.8 Å². The first-order chi connectivity index (χ1) is 11.6. The molecule has 25 heavy (non-hydrogen) atoms. The molecule has 0 aliphatic rings. The number of benzene rings is 2. The SMILES string of the molecule is Cc1cccc(C(=O)N(C)N(C(=O)c2cccc(C)c2)C(C)(C)C)c1. The zero-order chi connectivity index (χ0) is 18.8. The van der Waals surface area contributed by atoms with Gasteiger partial charge < -0.3 is 0 Å². The summed E-state index contributed by atoms with van der Waals surface area (Å²) in [5, 5.41) is 2.94. The van der Waals surface area contributed by atoms with Crippen LogP contribution >= 0.6 is 0 Å². The summed E-state index contributed by atoms with van der Waals surface area (Å²) in [6.07, 6.45) is 0. The monoisotopic (exact) mass is 338 g/mol. The molecule has 132 valence electrons. The van der Waals surface area contributed by atoms with Crippen LogP contribution in [0.4, 0.5) is 0 Å². The summed E-state index contributed by atoms with van der Waals surface area (Å²) >= 11 is 0. The second kappa shape index (κ2) is 7.09. The van der Waals surface area contributed by atoms with E-state index >= 15 is 0 Å². The minimum absolute atomic E-state index is 0.195. The number of nitrogens with zero attached hydrogens (tertiary/aromatic N) is 2. The molecule has 0 aromatic heterocycles. The highest BCUT2D eigenvalue weighted by Crippen LogP contribution is 2.21. The van der Waals surface area contributed by atoms with Gasteiger partial charge in [-0.1, -0.05) is 35.4 Å². The van der Waals surface area contributed by atoms with E-state index in [0.29, 0.717) is 11.1 Å². The van der Waals surface area contributed by atoms with Gasteiger partial charge in [-0.2, -0.15) is 0 Å². The van der Waals surface area contributed by atoms with E-state index in [9.17, 15) is 9.59 Å². The molecule has 0 bridgehead atoms. The molecule has 0 aliphatic carbocycles. The van der Waals surface area contributed by atoms with Crippen molar-refractivity contribution < 1.29 is 9.59 Å². The van der Waals surface area contributed by atoms with Crippen molar-refractivity contribution in [3.8, 4) is 0 Å². The Kier molecular flexibility index (Phi) is 5.31. The van der Waals surface area contributed by atoms with Crippen LogP contribution in [0.3, 0.4) is 0 Å². The molecular weight excluding hydrogens is 312 g/mol. The molecule has 4 nitrogen and oxygen atoms in total. The first-order valence-electron chi connectivity index (χ1n) is 8.37. The fraction of sp³-hybridized carbons (Fsp3) is 0.333. The fourth-order valence-electron chi connectivity index (χ4n) is 2.85. The van der Waals surface area contributed by atoms with E-state index in [2.05, 4.69) is 0 Å². The molecule has 0 saturated carbocycles. The standard InChI is InChI=1S/C21H26N2O2/c1-15-9-7-11-17(13-15)19(24)22(6)23(21(3,4)5)20(25)18-12-8-10-16(2)14-18/h7-14H,1-6H3. The summed E-state index contributed by atoms with van der Waals surface area (Å²) in [5.74, 6) is -0.403. The molecule has 2 aromatic carbocycles. The van der Waals surface area contributed by atoms with Gasteiger partial charge in [0.25, 0.3) is 11.8 Å². The molecule has 0 N–H and O–H groups in total. The van der Waals surface area contributed by atoms with Gasteiger partial charge in [0, 0.05) is 18.2 Å². The van der Waals surface area contributed by atoms with Gasteiger partial charge in [0.1, 0.15) is 0 Å². The van der Waals surface area contributed by atoms with Gasteiger partial charge in [-0.15, -0.1) is 0 Å². The largest absolute Gasteiger partial charge is 0.272 e. The summed E-state index contributed by atoms with van der Waals surface area (Å²) in [4.78, 5) is 26.0. The second-order valence-corrected chi connectivity index (χ2v) is 7.36. The number of hydrogen-bond acceptors (Lipinski definition) is 2. The highest BCUT2D eigenvalue weighted by Gasteiger charge is 2.34. The maximum atomic E-state index is 13.1. The number of carbonyl (C=O) groups is 2. The Bertz CT molecular complexity index is 790. The molecule has 2 amide bonds. The van der Waals surface area contributed by atoms with Crippen molar-refractivity contribution in [3.05, 3.63) is 70.8 Å². The summed E-state index contributed by atoms with van der Waals surface area (Å²) < 4.78 is 0. The first kappa shape index (κ1) is 18.7. The smallest absolute Gasteiger partial charge is 0.267 e. The third kappa shape index (κ3) is 4.27. The summed E-state index contributed by atoms with van der Waals surface area (Å²) in [5.41, 5.74) is 2.60. The van der Waals surface area contributed by atoms with Crippen LogP contribution in [0, 0.1) is 13.8 Å². The van der Waals surface area contributed by atoms with Crippen LogP contribution in [-0.4, -0.2) is 34.4 Å². The molecule has 2 aromatic rings. The Balaban J connectivity index is 2.40. The van der Waals surface area contributed by atoms with Crippen LogP contribution in [-0.2, 0) is 0 Å². The van der Waals surface area contributed by atoms with E-state index in [0.717, 1.165) is 11.1 Å². The maximum Gasteiger partial charge on any atom is 0.272 e. The van der Waals surface area contributed by atoms with Crippen molar-refractivity contribution in [2.75, 3.05) is 7.05 Å². The third-order valence-corrected chi connectivity index (χ3v) is 3.95. The van der Waals surface area contributed by atoms with Gasteiger partial charge in [-0.05, 0) is 58.9 Å². The molecule has 0 fully saturated rings. The minimum atomic E-state index is -0.547. The summed E-state index contributed by atoms with van der Waals surface area (Å²) in [6.45, 7) is 9.64. The lowest BCUT2D eigenvalue weighted by molar-refractivity contribution is -0.0308. The number of carbonyl (C=O) groups excluding carboxylic acids is 2. The quantitative estimate of drug-likeness (QED) is 0.769. The van der Waals surface area contributed by atoms with Gasteiger partial charge in [0.2, 0.25) is 0 Å². The summed E-state index contributed by atoms with van der Waals surface area (Å²) in [6, 6.07) is 14.8. The minimum Gasteiger partial charge on any atom is -0.267 e. The van der Waals surface area contributed by atoms with E-state index < -0.39 is 5.54 Å². The molecule has 0 radical (unpaired) electrons. The molecule has 0 heterocycles. The lowest BCUT2D eigenvalue weighted by Crippen LogP contribution is -2.56. The third-order valence-electron chi connectivity index (χ3n) is 3.95. The van der Waals surface area contributed by atoms with Crippen LogP contribution in [0.2, 0.25) is 0 Å². The number of hydrogen-bond donors (Lipinski definition) is 0. The molecule has 0 saturated heterocycles. The number of rotatable bonds is 2. The van der Waals surface area contributed by atoms with Crippen molar-refractivity contribution in [1.29, 1.82) is 0 Å². The maximum absolute atomic E-state index is 13.1. The van der Waals surface area contributed by atoms with E-state index in [1.165, 1.54) is 10.0 Å². The molecule has 0 spiro atoms. The van der Waals surface area contributed by atoms with Crippen LogP contribution in [0.5, 0.6) is 0 Å². The molecule has 2 rings (SSSR count). The van der Waals surface area contributed by atoms with Gasteiger partial charge in [-0.3, -0.25) is 9.59 Å². The van der Waals surface area contributed by atoms with Crippen molar-refractivity contribution in [3.63, 3.8) is 0 Å². The summed E-state index contributed by atoms with van der Waals surface area (Å²) in [7, 11) is 1.64. The Morgan fingerprint density at radius 1 is 0.800 bits per heavy atom. The predicted molar refractivity (Wildman–Crippen MR) is 100 cm³/mol. The average Bonchev–Trinajstić information content (AvgIpc) is 2.52. The van der Waals surface area contributed by atoms with Crippen molar-refractivity contribution >= 4 is 11.8 Å². The molecule has 0 aliphatic heterocycles. The number of hydrazine groups is 1. The van der Waals surface area contributed by atoms with Crippen molar-refractivity contribution in [1.82, 2.24) is 10.0 Å². The van der Waals surface area contributed by atoms with Gasteiger partial charge in [0.05, 0.1) is 5.54 Å². The van der Waals surface area contributed by atoms with Crippen molar-refractivity contribution in [2.45, 2.75) is 40.2 Å². The van der Waals surface area contributed by atoms with Gasteiger partial charge >= 0.3 is 0 Å². The van der Waals surface area contributed by atoms with Crippen LogP contribution in [0.15, 0.2) is 48.5 Å². The van der Waals surface area contributed by atoms with Crippen molar-refractivity contribution in [2.24, 2.45) is 0 Å². The Hall–Kier alpha value is -2.62. The second-order valence-electron chi connectivity index (χ2n) is 7.36. The molecular formula is C21H26N2O2. The molecule has 0 atom stereocenters. The zero-order valence-electron chi connectivity index (χ0n) is 15.8. The Morgan fingerprint density at radius 2 is 1.24 bits per heavy atom. The molecule has 0 unspecified atom stereocenters. The number of aryl methyl sites for hydroxylation is 2. The van der Waals surface area contributed by atoms with E-state index in [1.54, 1.807) is 19.2 Å². The van der Waals surface area contributed by atoms with E-state index in [4.69, 9.17) is 0 Å². The van der Waals surface area contributed by atoms with Crippen LogP contribution < -0.4 is 0 Å². The number of amides is 2. The lowest BCUT2D eigenvalue weighted by Gasteiger charge is -2.41. The molecule has 4 heteroatoms. The topological polar surface area (TPSA) is 40.6 Å². The van der Waals surface area contributed by atoms with Gasteiger partial charge in [0.15, 0.2) is 0 Å². The fourth-order valence-corrected chi connectivity index (χ4v) is 2.85. The Morgan fingerprint density at radius 3 is 1.64 bits per heavy atom. The van der Waals surface area contributed by atoms with Crippen LogP contribution in [0.25, 0.3) is 0 Å². The normalized spacial score (nSPS) is 11.1.